The lowest BCUT2D eigenvalue weighted by Gasteiger charge is -2.23. The van der Waals surface area contributed by atoms with Gasteiger partial charge >= 0.3 is 0 Å². The Morgan fingerprint density at radius 1 is 1.10 bits per heavy atom. The Hall–Kier alpha value is -3.61. The van der Waals surface area contributed by atoms with Crippen molar-refractivity contribution in [1.82, 2.24) is 20.0 Å². The van der Waals surface area contributed by atoms with Gasteiger partial charge in [0.2, 0.25) is 5.91 Å². The molecule has 1 fully saturated rings. The van der Waals surface area contributed by atoms with E-state index in [1.54, 1.807) is 36.0 Å². The Morgan fingerprint density at radius 2 is 1.77 bits per heavy atom. The fourth-order valence-corrected chi connectivity index (χ4v) is 3.89. The van der Waals surface area contributed by atoms with Crippen LogP contribution in [0.5, 0.6) is 5.75 Å². The van der Waals surface area contributed by atoms with E-state index in [4.69, 9.17) is 4.74 Å². The van der Waals surface area contributed by atoms with Gasteiger partial charge in [0, 0.05) is 32.9 Å². The number of carbonyl (C=O) groups is 2. The van der Waals surface area contributed by atoms with E-state index in [-0.39, 0.29) is 17.7 Å². The summed E-state index contributed by atoms with van der Waals surface area (Å²) in [7, 11) is 3.40. The van der Waals surface area contributed by atoms with Crippen molar-refractivity contribution in [2.45, 2.75) is 6.42 Å². The minimum atomic E-state index is -0.300. The van der Waals surface area contributed by atoms with Crippen LogP contribution in [0, 0.1) is 5.92 Å². The summed E-state index contributed by atoms with van der Waals surface area (Å²) in [6.07, 6.45) is 2.18. The molecule has 31 heavy (non-hydrogen) atoms. The zero-order chi connectivity index (χ0) is 21.8. The van der Waals surface area contributed by atoms with E-state index < -0.39 is 0 Å². The first-order chi connectivity index (χ1) is 15.0. The third-order valence-electron chi connectivity index (χ3n) is 5.68. The van der Waals surface area contributed by atoms with Crippen molar-refractivity contribution >= 4 is 11.8 Å². The van der Waals surface area contributed by atoms with Crippen molar-refractivity contribution in [3.05, 3.63) is 72.1 Å². The molecule has 0 bridgehead atoms. The van der Waals surface area contributed by atoms with E-state index in [9.17, 15) is 9.59 Å². The van der Waals surface area contributed by atoms with Crippen molar-refractivity contribution in [2.24, 2.45) is 13.0 Å². The fourth-order valence-electron chi connectivity index (χ4n) is 3.89. The lowest BCUT2D eigenvalue weighted by Crippen LogP contribution is -2.38. The van der Waals surface area contributed by atoms with Crippen LogP contribution in [-0.2, 0) is 18.3 Å². The van der Waals surface area contributed by atoms with Gasteiger partial charge < -0.3 is 15.0 Å². The zero-order valence-corrected chi connectivity index (χ0v) is 17.7. The summed E-state index contributed by atoms with van der Waals surface area (Å²) < 4.78 is 6.78. The first-order valence-electron chi connectivity index (χ1n) is 10.3. The highest BCUT2D eigenvalue weighted by atomic mass is 16.5. The van der Waals surface area contributed by atoms with Gasteiger partial charge in [-0.15, -0.1) is 0 Å². The van der Waals surface area contributed by atoms with Crippen LogP contribution in [0.15, 0.2) is 60.8 Å². The SMILES string of the molecule is COc1ccc(-c2ccc(CC3CN(C(=O)c4ccnn4C)CCNC3=O)cc2)cc1. The van der Waals surface area contributed by atoms with Crippen LogP contribution in [0.2, 0.25) is 0 Å². The van der Waals surface area contributed by atoms with Gasteiger partial charge in [0.1, 0.15) is 11.4 Å². The Morgan fingerprint density at radius 3 is 2.39 bits per heavy atom. The number of nitrogens with zero attached hydrogens (tertiary/aromatic N) is 3. The summed E-state index contributed by atoms with van der Waals surface area (Å²) in [5, 5.41) is 7.02. The van der Waals surface area contributed by atoms with Gasteiger partial charge in [-0.3, -0.25) is 14.3 Å². The molecular weight excluding hydrogens is 392 g/mol. The van der Waals surface area contributed by atoms with Gasteiger partial charge in [0.25, 0.3) is 5.91 Å². The molecule has 1 atom stereocenters. The third-order valence-corrected chi connectivity index (χ3v) is 5.68. The molecule has 0 spiro atoms. The zero-order valence-electron chi connectivity index (χ0n) is 17.7. The van der Waals surface area contributed by atoms with Crippen LogP contribution in [0.1, 0.15) is 16.1 Å². The number of aromatic nitrogens is 2. The molecule has 1 saturated heterocycles. The van der Waals surface area contributed by atoms with Gasteiger partial charge in [-0.05, 0) is 41.3 Å². The topological polar surface area (TPSA) is 76.5 Å². The Balaban J connectivity index is 1.47. The van der Waals surface area contributed by atoms with Crippen molar-refractivity contribution < 1.29 is 14.3 Å². The summed E-state index contributed by atoms with van der Waals surface area (Å²) >= 11 is 0. The third kappa shape index (κ3) is 4.60. The van der Waals surface area contributed by atoms with Gasteiger partial charge in [0.15, 0.2) is 0 Å². The number of benzene rings is 2. The molecule has 4 rings (SSSR count). The molecule has 2 amide bonds. The van der Waals surface area contributed by atoms with Crippen LogP contribution in [0.4, 0.5) is 0 Å². The molecule has 1 aliphatic heterocycles. The molecular formula is C24H26N4O3. The maximum atomic E-state index is 12.9. The van der Waals surface area contributed by atoms with Crippen LogP contribution in [-0.4, -0.2) is 53.2 Å². The minimum Gasteiger partial charge on any atom is -0.497 e. The van der Waals surface area contributed by atoms with Crippen molar-refractivity contribution in [3.63, 3.8) is 0 Å². The first kappa shape index (κ1) is 20.7. The summed E-state index contributed by atoms with van der Waals surface area (Å²) in [4.78, 5) is 27.3. The molecule has 0 saturated carbocycles. The number of methoxy groups -OCH3 is 1. The van der Waals surface area contributed by atoms with Crippen LogP contribution >= 0.6 is 0 Å². The molecule has 7 nitrogen and oxygen atoms in total. The molecule has 1 aromatic heterocycles. The van der Waals surface area contributed by atoms with Gasteiger partial charge in [-0.25, -0.2) is 0 Å². The molecule has 160 valence electrons. The predicted octanol–water partition coefficient (Wildman–Crippen LogP) is 2.53. The lowest BCUT2D eigenvalue weighted by atomic mass is 9.96. The molecule has 1 N–H and O–H groups in total. The molecule has 2 heterocycles. The van der Waals surface area contributed by atoms with Crippen LogP contribution in [0.25, 0.3) is 11.1 Å². The van der Waals surface area contributed by atoms with E-state index >= 15 is 0 Å². The monoisotopic (exact) mass is 418 g/mol. The number of nitrogens with one attached hydrogen (secondary N) is 1. The molecule has 0 radical (unpaired) electrons. The van der Waals surface area contributed by atoms with E-state index in [2.05, 4.69) is 22.5 Å². The largest absolute Gasteiger partial charge is 0.497 e. The summed E-state index contributed by atoms with van der Waals surface area (Å²) in [6.45, 7) is 1.33. The molecule has 2 aromatic carbocycles. The summed E-state index contributed by atoms with van der Waals surface area (Å²) in [6, 6.07) is 17.8. The predicted molar refractivity (Wildman–Crippen MR) is 118 cm³/mol. The number of rotatable bonds is 5. The second-order valence-corrected chi connectivity index (χ2v) is 7.71. The number of ether oxygens (including phenoxy) is 1. The van der Waals surface area contributed by atoms with E-state index in [0.717, 1.165) is 22.4 Å². The van der Waals surface area contributed by atoms with Crippen molar-refractivity contribution in [2.75, 3.05) is 26.7 Å². The number of aryl methyl sites for hydroxylation is 1. The second-order valence-electron chi connectivity index (χ2n) is 7.71. The lowest BCUT2D eigenvalue weighted by molar-refractivity contribution is -0.124. The average molecular weight is 418 g/mol. The molecule has 0 aliphatic carbocycles. The Bertz CT molecular complexity index is 1060. The fraction of sp³-hybridized carbons (Fsp3) is 0.292. The molecule has 7 heteroatoms. The van der Waals surface area contributed by atoms with E-state index in [1.165, 1.54) is 0 Å². The Labute approximate surface area is 181 Å². The number of amides is 2. The average Bonchev–Trinajstić information content (AvgIpc) is 3.14. The molecule has 1 unspecified atom stereocenters. The van der Waals surface area contributed by atoms with Gasteiger partial charge in [-0.1, -0.05) is 36.4 Å². The highest BCUT2D eigenvalue weighted by Gasteiger charge is 2.29. The van der Waals surface area contributed by atoms with Crippen molar-refractivity contribution in [1.29, 1.82) is 0 Å². The Kier molecular flexibility index (Phi) is 6.02. The van der Waals surface area contributed by atoms with Crippen LogP contribution < -0.4 is 10.1 Å². The highest BCUT2D eigenvalue weighted by molar-refractivity contribution is 5.93. The van der Waals surface area contributed by atoms with Crippen LogP contribution in [0.3, 0.4) is 0 Å². The second kappa shape index (κ2) is 9.04. The molecule has 1 aliphatic rings. The number of hydrogen-bond donors (Lipinski definition) is 1. The smallest absolute Gasteiger partial charge is 0.272 e. The maximum absolute atomic E-state index is 12.9. The van der Waals surface area contributed by atoms with Gasteiger partial charge in [-0.2, -0.15) is 5.10 Å². The quantitative estimate of drug-likeness (QED) is 0.691. The standard InChI is InChI=1S/C24H26N4O3/c1-27-22(11-12-26-27)24(30)28-14-13-25-23(29)20(16-28)15-17-3-5-18(6-4-17)19-7-9-21(31-2)10-8-19/h3-12,20H,13-16H2,1-2H3,(H,25,29). The normalized spacial score (nSPS) is 16.5. The maximum Gasteiger partial charge on any atom is 0.272 e. The van der Waals surface area contributed by atoms with Crippen molar-refractivity contribution in [3.8, 4) is 16.9 Å². The first-order valence-corrected chi connectivity index (χ1v) is 10.3. The number of carbonyl (C=O) groups excluding carboxylic acids is 2. The van der Waals surface area contributed by atoms with Gasteiger partial charge in [0.05, 0.1) is 13.0 Å². The van der Waals surface area contributed by atoms with E-state index in [1.807, 2.05) is 36.4 Å². The number of hydrogen-bond acceptors (Lipinski definition) is 4. The van der Waals surface area contributed by atoms with E-state index in [0.29, 0.717) is 31.7 Å². The summed E-state index contributed by atoms with van der Waals surface area (Å²) in [5.41, 5.74) is 3.79. The highest BCUT2D eigenvalue weighted by Crippen LogP contribution is 2.24. The summed E-state index contributed by atoms with van der Waals surface area (Å²) in [5.74, 6) is 0.410. The minimum absolute atomic E-state index is 0.0143. The molecule has 3 aromatic rings.